The molecule has 1 N–H and O–H groups in total. The zero-order valence-electron chi connectivity index (χ0n) is 11.2. The summed E-state index contributed by atoms with van der Waals surface area (Å²) >= 11 is 10.8. The van der Waals surface area contributed by atoms with Crippen LogP contribution < -0.4 is 10.1 Å². The first-order valence-electron chi connectivity index (χ1n) is 6.10. The van der Waals surface area contributed by atoms with Gasteiger partial charge in [0.2, 0.25) is 0 Å². The normalized spacial score (nSPS) is 10.2. The van der Waals surface area contributed by atoms with Crippen LogP contribution in [0.5, 0.6) is 5.75 Å². The first-order valence-corrected chi connectivity index (χ1v) is 8.50. The van der Waals surface area contributed by atoms with Gasteiger partial charge in [0.25, 0.3) is 5.91 Å². The number of ether oxygens (including phenoxy) is 1. The highest BCUT2D eigenvalue weighted by Crippen LogP contribution is 2.28. The molecular formula is C15H13BrClNO2S. The van der Waals surface area contributed by atoms with E-state index in [0.717, 1.165) is 10.6 Å². The molecule has 0 spiro atoms. The Morgan fingerprint density at radius 2 is 2.14 bits per heavy atom. The van der Waals surface area contributed by atoms with E-state index >= 15 is 0 Å². The number of nitrogens with one attached hydrogen (secondary N) is 1. The van der Waals surface area contributed by atoms with Gasteiger partial charge in [0, 0.05) is 15.6 Å². The Labute approximate surface area is 141 Å². The molecule has 0 saturated carbocycles. The average Bonchev–Trinajstić information content (AvgIpc) is 2.46. The van der Waals surface area contributed by atoms with Crippen LogP contribution in [-0.4, -0.2) is 18.8 Å². The van der Waals surface area contributed by atoms with Gasteiger partial charge in [-0.2, -0.15) is 0 Å². The molecule has 0 unspecified atom stereocenters. The van der Waals surface area contributed by atoms with Gasteiger partial charge in [-0.1, -0.05) is 17.7 Å². The third-order valence-corrected chi connectivity index (χ3v) is 4.19. The molecule has 0 aliphatic heterocycles. The number of amides is 1. The lowest BCUT2D eigenvalue weighted by molar-refractivity contribution is -0.118. The first-order chi connectivity index (χ1) is 10.1. The summed E-state index contributed by atoms with van der Waals surface area (Å²) in [7, 11) is 0. The standard InChI is InChI=1S/C15H13BrClNO2S/c1-21-12-4-2-3-11(8-12)18-15(19)9-20-14-6-5-10(17)7-13(14)16/h2-8H,9H2,1H3,(H,18,19). The van der Waals surface area contributed by atoms with Crippen molar-refractivity contribution in [1.82, 2.24) is 0 Å². The van der Waals surface area contributed by atoms with Crippen LogP contribution in [0.4, 0.5) is 5.69 Å². The zero-order valence-corrected chi connectivity index (χ0v) is 14.4. The van der Waals surface area contributed by atoms with E-state index in [-0.39, 0.29) is 12.5 Å². The fourth-order valence-corrected chi connectivity index (χ4v) is 2.89. The summed E-state index contributed by atoms with van der Waals surface area (Å²) in [5.74, 6) is 0.363. The van der Waals surface area contributed by atoms with E-state index in [0.29, 0.717) is 15.2 Å². The third kappa shape index (κ3) is 4.95. The molecule has 0 aliphatic carbocycles. The summed E-state index contributed by atoms with van der Waals surface area (Å²) in [5, 5.41) is 3.40. The zero-order chi connectivity index (χ0) is 15.2. The molecule has 110 valence electrons. The van der Waals surface area contributed by atoms with Crippen molar-refractivity contribution in [2.45, 2.75) is 4.90 Å². The van der Waals surface area contributed by atoms with Gasteiger partial charge in [-0.05, 0) is 58.6 Å². The molecule has 2 aromatic rings. The maximum atomic E-state index is 11.9. The summed E-state index contributed by atoms with van der Waals surface area (Å²) in [6.07, 6.45) is 1.99. The van der Waals surface area contributed by atoms with Crippen molar-refractivity contribution < 1.29 is 9.53 Å². The van der Waals surface area contributed by atoms with Crippen LogP contribution in [0.1, 0.15) is 0 Å². The second-order valence-electron chi connectivity index (χ2n) is 4.14. The molecule has 0 heterocycles. The Morgan fingerprint density at radius 3 is 2.86 bits per heavy atom. The summed E-state index contributed by atoms with van der Waals surface area (Å²) in [5.41, 5.74) is 0.755. The van der Waals surface area contributed by atoms with Crippen LogP contribution in [0, 0.1) is 0 Å². The second kappa shape index (κ2) is 7.73. The lowest BCUT2D eigenvalue weighted by atomic mass is 10.3. The highest BCUT2D eigenvalue weighted by molar-refractivity contribution is 9.10. The van der Waals surface area contributed by atoms with Crippen LogP contribution in [0.15, 0.2) is 51.8 Å². The first kappa shape index (κ1) is 16.2. The van der Waals surface area contributed by atoms with Crippen molar-refractivity contribution in [3.05, 3.63) is 52.0 Å². The Morgan fingerprint density at radius 1 is 1.33 bits per heavy atom. The van der Waals surface area contributed by atoms with E-state index in [1.165, 1.54) is 0 Å². The molecule has 0 radical (unpaired) electrons. The predicted molar refractivity (Wildman–Crippen MR) is 91.5 cm³/mol. The van der Waals surface area contributed by atoms with Gasteiger partial charge in [-0.25, -0.2) is 0 Å². The molecule has 1 amide bonds. The van der Waals surface area contributed by atoms with Crippen LogP contribution in [-0.2, 0) is 4.79 Å². The number of rotatable bonds is 5. The summed E-state index contributed by atoms with van der Waals surface area (Å²) in [6, 6.07) is 12.8. The summed E-state index contributed by atoms with van der Waals surface area (Å²) < 4.78 is 6.17. The van der Waals surface area contributed by atoms with E-state index < -0.39 is 0 Å². The number of carbonyl (C=O) groups is 1. The molecule has 0 aliphatic rings. The molecule has 0 fully saturated rings. The average molecular weight is 387 g/mol. The minimum Gasteiger partial charge on any atom is -0.483 e. The Hall–Kier alpha value is -1.17. The number of benzene rings is 2. The van der Waals surface area contributed by atoms with Crippen LogP contribution in [0.25, 0.3) is 0 Å². The van der Waals surface area contributed by atoms with Crippen molar-refractivity contribution in [2.24, 2.45) is 0 Å². The number of hydrogen-bond donors (Lipinski definition) is 1. The largest absolute Gasteiger partial charge is 0.483 e. The maximum absolute atomic E-state index is 11.9. The van der Waals surface area contributed by atoms with Gasteiger partial charge >= 0.3 is 0 Å². The molecule has 3 nitrogen and oxygen atoms in total. The van der Waals surface area contributed by atoms with Gasteiger partial charge < -0.3 is 10.1 Å². The maximum Gasteiger partial charge on any atom is 0.262 e. The molecule has 0 aromatic heterocycles. The lowest BCUT2D eigenvalue weighted by Crippen LogP contribution is -2.20. The van der Waals surface area contributed by atoms with Crippen molar-refractivity contribution in [1.29, 1.82) is 0 Å². The van der Waals surface area contributed by atoms with E-state index in [9.17, 15) is 4.79 Å². The van der Waals surface area contributed by atoms with Crippen molar-refractivity contribution in [3.8, 4) is 5.75 Å². The molecule has 0 saturated heterocycles. The third-order valence-electron chi connectivity index (χ3n) is 2.61. The Kier molecular flexibility index (Phi) is 5.96. The van der Waals surface area contributed by atoms with Crippen molar-refractivity contribution in [2.75, 3.05) is 18.2 Å². The van der Waals surface area contributed by atoms with Gasteiger partial charge in [0.05, 0.1) is 4.47 Å². The number of hydrogen-bond acceptors (Lipinski definition) is 3. The lowest BCUT2D eigenvalue weighted by Gasteiger charge is -2.09. The number of anilines is 1. The number of halogens is 2. The van der Waals surface area contributed by atoms with Crippen molar-refractivity contribution >= 4 is 50.9 Å². The quantitative estimate of drug-likeness (QED) is 0.747. The SMILES string of the molecule is CSc1cccc(NC(=O)COc2ccc(Cl)cc2Br)c1. The summed E-state index contributed by atoms with van der Waals surface area (Å²) in [4.78, 5) is 13.0. The van der Waals surface area contributed by atoms with Gasteiger partial charge in [-0.15, -0.1) is 11.8 Å². The van der Waals surface area contributed by atoms with E-state index in [2.05, 4.69) is 21.2 Å². The predicted octanol–water partition coefficient (Wildman–Crippen LogP) is 4.84. The minimum absolute atomic E-state index is 0.0657. The molecular weight excluding hydrogens is 374 g/mol. The van der Waals surface area contributed by atoms with E-state index in [4.69, 9.17) is 16.3 Å². The topological polar surface area (TPSA) is 38.3 Å². The molecule has 2 aromatic carbocycles. The fraction of sp³-hybridized carbons (Fsp3) is 0.133. The van der Waals surface area contributed by atoms with Crippen LogP contribution in [0.3, 0.4) is 0 Å². The van der Waals surface area contributed by atoms with Crippen LogP contribution in [0.2, 0.25) is 5.02 Å². The summed E-state index contributed by atoms with van der Waals surface area (Å²) in [6.45, 7) is -0.0657. The molecule has 6 heteroatoms. The number of carbonyl (C=O) groups excluding carboxylic acids is 1. The highest BCUT2D eigenvalue weighted by Gasteiger charge is 2.07. The van der Waals surface area contributed by atoms with Crippen molar-refractivity contribution in [3.63, 3.8) is 0 Å². The molecule has 0 atom stereocenters. The highest BCUT2D eigenvalue weighted by atomic mass is 79.9. The number of thioether (sulfide) groups is 1. The fourth-order valence-electron chi connectivity index (χ4n) is 1.63. The van der Waals surface area contributed by atoms with E-state index in [1.54, 1.807) is 30.0 Å². The van der Waals surface area contributed by atoms with Gasteiger partial charge in [0.1, 0.15) is 5.75 Å². The monoisotopic (exact) mass is 385 g/mol. The van der Waals surface area contributed by atoms with Gasteiger partial charge in [0.15, 0.2) is 6.61 Å². The van der Waals surface area contributed by atoms with Crippen LogP contribution >= 0.6 is 39.3 Å². The van der Waals surface area contributed by atoms with Gasteiger partial charge in [-0.3, -0.25) is 4.79 Å². The smallest absolute Gasteiger partial charge is 0.262 e. The molecule has 21 heavy (non-hydrogen) atoms. The second-order valence-corrected chi connectivity index (χ2v) is 6.31. The molecule has 2 rings (SSSR count). The Balaban J connectivity index is 1.92. The molecule has 0 bridgehead atoms. The minimum atomic E-state index is -0.213. The van der Waals surface area contributed by atoms with E-state index in [1.807, 2.05) is 30.5 Å². The Bertz CT molecular complexity index is 651.